The normalized spacial score (nSPS) is 12.4. The molecule has 0 aliphatic carbocycles. The first kappa shape index (κ1) is 14.2. The van der Waals surface area contributed by atoms with Crippen LogP contribution in [0.15, 0.2) is 0 Å². The molecule has 0 aromatic carbocycles. The molecule has 0 saturated carbocycles. The number of hydrogen-bond acceptors (Lipinski definition) is 3. The fraction of sp³-hybridized carbons (Fsp3) is 0.909. The number of methoxy groups -OCH3 is 1. The van der Waals surface area contributed by atoms with Gasteiger partial charge in [0, 0.05) is 12.1 Å². The first-order valence-corrected chi connectivity index (χ1v) is 5.16. The van der Waals surface area contributed by atoms with Crippen molar-refractivity contribution >= 4 is 6.09 Å². The van der Waals surface area contributed by atoms with Crippen LogP contribution in [-0.2, 0) is 9.47 Å². The van der Waals surface area contributed by atoms with Crippen molar-refractivity contribution in [1.82, 2.24) is 5.32 Å². The summed E-state index contributed by atoms with van der Waals surface area (Å²) in [6.07, 6.45) is 0.343. The van der Waals surface area contributed by atoms with Gasteiger partial charge < -0.3 is 14.8 Å². The zero-order chi connectivity index (χ0) is 12.1. The summed E-state index contributed by atoms with van der Waals surface area (Å²) in [5, 5.41) is 2.75. The van der Waals surface area contributed by atoms with Crippen molar-refractivity contribution in [3.05, 3.63) is 0 Å². The Morgan fingerprint density at radius 3 is 2.13 bits per heavy atom. The number of alkyl carbamates (subject to hydrolysis) is 1. The second-order valence-corrected chi connectivity index (χ2v) is 5.21. The summed E-state index contributed by atoms with van der Waals surface area (Å²) in [7, 11) is 1.36. The van der Waals surface area contributed by atoms with Crippen molar-refractivity contribution in [2.45, 2.75) is 52.2 Å². The lowest BCUT2D eigenvalue weighted by molar-refractivity contribution is -0.0112. The average molecular weight is 217 g/mol. The maximum absolute atomic E-state index is 11.0. The molecule has 0 unspecified atom stereocenters. The zero-order valence-corrected chi connectivity index (χ0v) is 10.6. The Hall–Kier alpha value is -0.770. The molecule has 0 aromatic heterocycles. The van der Waals surface area contributed by atoms with E-state index in [4.69, 9.17) is 4.74 Å². The average Bonchev–Trinajstić information content (AvgIpc) is 2.00. The lowest BCUT2D eigenvalue weighted by atomic mass is 10.0. The molecule has 0 atom stereocenters. The Morgan fingerprint density at radius 1 is 1.20 bits per heavy atom. The molecule has 0 saturated heterocycles. The highest BCUT2D eigenvalue weighted by molar-refractivity contribution is 5.67. The minimum Gasteiger partial charge on any atom is -0.453 e. The molecule has 0 heterocycles. The van der Waals surface area contributed by atoms with E-state index in [2.05, 4.69) is 10.1 Å². The molecule has 0 rings (SSSR count). The summed E-state index contributed by atoms with van der Waals surface area (Å²) >= 11 is 0. The van der Waals surface area contributed by atoms with Crippen LogP contribution in [0.2, 0.25) is 0 Å². The molecule has 0 bridgehead atoms. The van der Waals surface area contributed by atoms with Gasteiger partial charge >= 0.3 is 6.09 Å². The molecule has 0 aliphatic rings. The van der Waals surface area contributed by atoms with Crippen molar-refractivity contribution in [2.75, 3.05) is 13.7 Å². The molecule has 90 valence electrons. The van der Waals surface area contributed by atoms with Crippen LogP contribution >= 0.6 is 0 Å². The number of hydrogen-bond donors (Lipinski definition) is 1. The van der Waals surface area contributed by atoms with Crippen LogP contribution in [0.1, 0.15) is 41.0 Å². The van der Waals surface area contributed by atoms with Crippen molar-refractivity contribution in [1.29, 1.82) is 0 Å². The van der Waals surface area contributed by atoms with E-state index in [0.717, 1.165) is 6.42 Å². The highest BCUT2D eigenvalue weighted by Crippen LogP contribution is 2.13. The van der Waals surface area contributed by atoms with Crippen molar-refractivity contribution in [3.8, 4) is 0 Å². The van der Waals surface area contributed by atoms with Gasteiger partial charge in [-0.25, -0.2) is 4.79 Å². The number of carbonyl (C=O) groups excluding carboxylic acids is 1. The lowest BCUT2D eigenvalue weighted by Crippen LogP contribution is -2.44. The van der Waals surface area contributed by atoms with Gasteiger partial charge in [-0.05, 0) is 41.0 Å². The number of rotatable bonds is 4. The van der Waals surface area contributed by atoms with Crippen LogP contribution in [-0.4, -0.2) is 30.9 Å². The fourth-order valence-electron chi connectivity index (χ4n) is 1.00. The highest BCUT2D eigenvalue weighted by atomic mass is 16.5. The molecule has 0 radical (unpaired) electrons. The van der Waals surface area contributed by atoms with Crippen LogP contribution in [0.25, 0.3) is 0 Å². The number of ether oxygens (including phenoxy) is 2. The fourth-order valence-corrected chi connectivity index (χ4v) is 1.00. The summed E-state index contributed by atoms with van der Waals surface area (Å²) in [6, 6.07) is 0. The summed E-state index contributed by atoms with van der Waals surface area (Å²) in [5.74, 6) is 0. The minimum absolute atomic E-state index is 0.138. The van der Waals surface area contributed by atoms with Gasteiger partial charge in [0.05, 0.1) is 12.7 Å². The van der Waals surface area contributed by atoms with Gasteiger partial charge in [-0.3, -0.25) is 0 Å². The maximum atomic E-state index is 11.0. The molecule has 0 aliphatic heterocycles. The second kappa shape index (κ2) is 5.35. The number of carbonyl (C=O) groups is 1. The summed E-state index contributed by atoms with van der Waals surface area (Å²) in [5.41, 5.74) is -0.445. The second-order valence-electron chi connectivity index (χ2n) is 5.21. The molecule has 4 nitrogen and oxygen atoms in total. The molecule has 0 fully saturated rings. The third-order valence-corrected chi connectivity index (χ3v) is 1.89. The minimum atomic E-state index is -0.407. The number of amides is 1. The predicted octanol–water partition coefficient (Wildman–Crippen LogP) is 2.33. The van der Waals surface area contributed by atoms with Crippen LogP contribution in [0.5, 0.6) is 0 Å². The Morgan fingerprint density at radius 2 is 1.73 bits per heavy atom. The van der Waals surface area contributed by atoms with Gasteiger partial charge in [0.1, 0.15) is 0 Å². The van der Waals surface area contributed by atoms with Gasteiger partial charge in [-0.1, -0.05) is 0 Å². The van der Waals surface area contributed by atoms with Gasteiger partial charge in [0.2, 0.25) is 0 Å². The quantitative estimate of drug-likeness (QED) is 0.786. The Kier molecular flexibility index (Phi) is 5.08. The smallest absolute Gasteiger partial charge is 0.407 e. The van der Waals surface area contributed by atoms with Gasteiger partial charge in [-0.2, -0.15) is 0 Å². The highest BCUT2D eigenvalue weighted by Gasteiger charge is 2.21. The molecule has 1 amide bonds. The zero-order valence-electron chi connectivity index (χ0n) is 10.6. The summed E-state index contributed by atoms with van der Waals surface area (Å²) in [4.78, 5) is 11.0. The summed E-state index contributed by atoms with van der Waals surface area (Å²) < 4.78 is 10.1. The predicted molar refractivity (Wildman–Crippen MR) is 59.9 cm³/mol. The topological polar surface area (TPSA) is 47.6 Å². The van der Waals surface area contributed by atoms with Crippen LogP contribution in [0, 0.1) is 0 Å². The van der Waals surface area contributed by atoms with Crippen LogP contribution in [0.4, 0.5) is 4.79 Å². The monoisotopic (exact) mass is 217 g/mol. The number of nitrogens with one attached hydrogen (secondary N) is 1. The van der Waals surface area contributed by atoms with Crippen molar-refractivity contribution in [2.24, 2.45) is 0 Å². The lowest BCUT2D eigenvalue weighted by Gasteiger charge is -2.27. The van der Waals surface area contributed by atoms with E-state index in [1.807, 2.05) is 34.6 Å². The first-order valence-electron chi connectivity index (χ1n) is 5.16. The third-order valence-electron chi connectivity index (χ3n) is 1.89. The molecule has 4 heteroatoms. The van der Waals surface area contributed by atoms with E-state index in [1.165, 1.54) is 7.11 Å². The third kappa shape index (κ3) is 8.24. The first-order chi connectivity index (χ1) is 6.66. The SMILES string of the molecule is COC(=O)NC(C)(C)CCOC(C)(C)C. The molecular weight excluding hydrogens is 194 g/mol. The largest absolute Gasteiger partial charge is 0.453 e. The van der Waals surface area contributed by atoms with E-state index < -0.39 is 6.09 Å². The molecular formula is C11H23NO3. The van der Waals surface area contributed by atoms with E-state index in [0.29, 0.717) is 6.61 Å². The Balaban J connectivity index is 3.89. The standard InChI is InChI=1S/C11H23NO3/c1-10(2,3)15-8-7-11(4,5)12-9(13)14-6/h7-8H2,1-6H3,(H,12,13). The van der Waals surface area contributed by atoms with Gasteiger partial charge in [0.25, 0.3) is 0 Å². The van der Waals surface area contributed by atoms with E-state index in [-0.39, 0.29) is 11.1 Å². The molecule has 15 heavy (non-hydrogen) atoms. The van der Waals surface area contributed by atoms with Crippen molar-refractivity contribution in [3.63, 3.8) is 0 Å². The van der Waals surface area contributed by atoms with Gasteiger partial charge in [0.15, 0.2) is 0 Å². The molecule has 0 spiro atoms. The molecule has 0 aromatic rings. The maximum Gasteiger partial charge on any atom is 0.407 e. The Bertz CT molecular complexity index is 206. The van der Waals surface area contributed by atoms with Gasteiger partial charge in [-0.15, -0.1) is 0 Å². The summed E-state index contributed by atoms with van der Waals surface area (Å²) in [6.45, 7) is 10.5. The van der Waals surface area contributed by atoms with Crippen LogP contribution < -0.4 is 5.32 Å². The Labute approximate surface area is 92.3 Å². The van der Waals surface area contributed by atoms with Crippen molar-refractivity contribution < 1.29 is 14.3 Å². The van der Waals surface area contributed by atoms with E-state index in [9.17, 15) is 4.79 Å². The van der Waals surface area contributed by atoms with E-state index >= 15 is 0 Å². The van der Waals surface area contributed by atoms with E-state index in [1.54, 1.807) is 0 Å². The molecule has 1 N–H and O–H groups in total. The van der Waals surface area contributed by atoms with Crippen LogP contribution in [0.3, 0.4) is 0 Å².